The molecule has 8 nitrogen and oxygen atoms in total. The lowest BCUT2D eigenvalue weighted by atomic mass is 9.91. The van der Waals surface area contributed by atoms with Gasteiger partial charge < -0.3 is 9.42 Å². The monoisotopic (exact) mass is 438 g/mol. The van der Waals surface area contributed by atoms with Crippen LogP contribution in [0.2, 0.25) is 5.02 Å². The fourth-order valence-corrected chi connectivity index (χ4v) is 4.95. The Hall–Kier alpha value is -2.87. The Morgan fingerprint density at radius 2 is 1.97 bits per heavy atom. The molecule has 9 heteroatoms. The standard InChI is InChI=1S/C22H23ClN6O2/c1-22(2)18-17(19-25-20(31-26-19)13-5-6-13)24-12-28(18)15-8-7-14(23)11-16(15)29(22)21(30)27-9-3-4-10-27/h7-8,11-13H,3-6,9-10H2,1-2H3. The first-order chi connectivity index (χ1) is 14.9. The van der Waals surface area contributed by atoms with Gasteiger partial charge in [0.2, 0.25) is 11.7 Å². The number of imidazole rings is 1. The summed E-state index contributed by atoms with van der Waals surface area (Å²) in [5.74, 6) is 1.50. The summed E-state index contributed by atoms with van der Waals surface area (Å²) in [5.41, 5.74) is 2.43. The van der Waals surface area contributed by atoms with Crippen molar-refractivity contribution in [3.05, 3.63) is 41.1 Å². The second kappa shape index (κ2) is 6.56. The van der Waals surface area contributed by atoms with Gasteiger partial charge in [0.15, 0.2) is 0 Å². The molecule has 2 fully saturated rings. The molecule has 2 aliphatic heterocycles. The number of hydrogen-bond acceptors (Lipinski definition) is 5. The second-order valence-electron chi connectivity index (χ2n) is 9.05. The van der Waals surface area contributed by atoms with Crippen molar-refractivity contribution in [1.29, 1.82) is 0 Å². The summed E-state index contributed by atoms with van der Waals surface area (Å²) in [5, 5.41) is 4.80. The van der Waals surface area contributed by atoms with Crippen molar-refractivity contribution in [3.63, 3.8) is 0 Å². The first-order valence-corrected chi connectivity index (χ1v) is 11.1. The van der Waals surface area contributed by atoms with E-state index in [-0.39, 0.29) is 6.03 Å². The number of rotatable bonds is 2. The lowest BCUT2D eigenvalue weighted by molar-refractivity contribution is 0.207. The summed E-state index contributed by atoms with van der Waals surface area (Å²) in [6.45, 7) is 5.60. The van der Waals surface area contributed by atoms with Gasteiger partial charge in [-0.05, 0) is 57.7 Å². The third-order valence-corrected chi connectivity index (χ3v) is 6.73. The van der Waals surface area contributed by atoms with Gasteiger partial charge in [-0.1, -0.05) is 16.8 Å². The lowest BCUT2D eigenvalue weighted by Crippen LogP contribution is -2.54. The Bertz CT molecular complexity index is 1190. The number of likely N-dealkylation sites (tertiary alicyclic amines) is 1. The summed E-state index contributed by atoms with van der Waals surface area (Å²) in [4.78, 5) is 26.7. The topological polar surface area (TPSA) is 80.3 Å². The Morgan fingerprint density at radius 3 is 2.71 bits per heavy atom. The van der Waals surface area contributed by atoms with Crippen molar-refractivity contribution in [2.24, 2.45) is 0 Å². The van der Waals surface area contributed by atoms with E-state index in [1.165, 1.54) is 0 Å². The van der Waals surface area contributed by atoms with Crippen LogP contribution >= 0.6 is 11.6 Å². The van der Waals surface area contributed by atoms with E-state index in [1.54, 1.807) is 6.33 Å². The Labute approximate surface area is 184 Å². The smallest absolute Gasteiger partial charge is 0.325 e. The van der Waals surface area contributed by atoms with Gasteiger partial charge in [0.05, 0.1) is 22.6 Å². The van der Waals surface area contributed by atoms with Gasteiger partial charge in [0.25, 0.3) is 0 Å². The van der Waals surface area contributed by atoms with E-state index in [2.05, 4.69) is 15.1 Å². The van der Waals surface area contributed by atoms with E-state index < -0.39 is 5.54 Å². The molecule has 6 rings (SSSR count). The molecular weight excluding hydrogens is 416 g/mol. The molecule has 0 atom stereocenters. The molecule has 2 aromatic heterocycles. The fourth-order valence-electron chi connectivity index (χ4n) is 4.79. The summed E-state index contributed by atoms with van der Waals surface area (Å²) in [6, 6.07) is 5.60. The molecule has 31 heavy (non-hydrogen) atoms. The average Bonchev–Trinajstić information content (AvgIpc) is 3.17. The molecule has 1 aliphatic carbocycles. The number of aromatic nitrogens is 4. The van der Waals surface area contributed by atoms with Crippen LogP contribution in [0.5, 0.6) is 0 Å². The summed E-state index contributed by atoms with van der Waals surface area (Å²) >= 11 is 6.36. The first-order valence-electron chi connectivity index (χ1n) is 10.8. The van der Waals surface area contributed by atoms with E-state index in [9.17, 15) is 4.79 Å². The highest BCUT2D eigenvalue weighted by molar-refractivity contribution is 6.31. The van der Waals surface area contributed by atoms with Crippen LogP contribution in [0.25, 0.3) is 17.2 Å². The molecule has 0 unspecified atom stereocenters. The zero-order chi connectivity index (χ0) is 21.3. The summed E-state index contributed by atoms with van der Waals surface area (Å²) in [7, 11) is 0. The molecule has 4 heterocycles. The van der Waals surface area contributed by atoms with Crippen molar-refractivity contribution in [3.8, 4) is 17.2 Å². The molecule has 0 bridgehead atoms. The predicted octanol–water partition coefficient (Wildman–Crippen LogP) is 4.72. The Morgan fingerprint density at radius 1 is 1.19 bits per heavy atom. The normalized spacial score (nSPS) is 19.5. The highest BCUT2D eigenvalue weighted by Crippen LogP contribution is 2.47. The summed E-state index contributed by atoms with van der Waals surface area (Å²) < 4.78 is 7.51. The second-order valence-corrected chi connectivity index (χ2v) is 9.48. The van der Waals surface area contributed by atoms with Crippen molar-refractivity contribution >= 4 is 23.3 Å². The lowest BCUT2D eigenvalue weighted by Gasteiger charge is -2.45. The molecule has 0 spiro atoms. The van der Waals surface area contributed by atoms with Crippen LogP contribution < -0.4 is 4.90 Å². The average molecular weight is 439 g/mol. The van der Waals surface area contributed by atoms with Gasteiger partial charge in [0, 0.05) is 24.0 Å². The maximum Gasteiger partial charge on any atom is 0.325 e. The van der Waals surface area contributed by atoms with Crippen LogP contribution in [0.1, 0.15) is 57.0 Å². The van der Waals surface area contributed by atoms with Crippen LogP contribution in [-0.2, 0) is 5.54 Å². The first kappa shape index (κ1) is 18.9. The van der Waals surface area contributed by atoms with Crippen LogP contribution in [0.4, 0.5) is 10.5 Å². The van der Waals surface area contributed by atoms with Crippen molar-refractivity contribution in [1.82, 2.24) is 24.6 Å². The number of fused-ring (bicyclic) bond motifs is 3. The van der Waals surface area contributed by atoms with Crippen molar-refractivity contribution in [2.75, 3.05) is 18.0 Å². The Kier molecular flexibility index (Phi) is 3.99. The minimum atomic E-state index is -0.705. The van der Waals surface area contributed by atoms with E-state index in [1.807, 2.05) is 46.4 Å². The van der Waals surface area contributed by atoms with E-state index in [4.69, 9.17) is 16.1 Å². The van der Waals surface area contributed by atoms with E-state index in [0.29, 0.717) is 28.3 Å². The number of halogens is 1. The SMILES string of the molecule is CC1(C)c2c(-c3noc(C4CC4)n3)ncn2-c2ccc(Cl)cc2N1C(=O)N1CCCC1. The van der Waals surface area contributed by atoms with Crippen LogP contribution in [0, 0.1) is 0 Å². The molecular formula is C22H23ClN6O2. The largest absolute Gasteiger partial charge is 0.339 e. The Balaban J connectivity index is 1.53. The number of carbonyl (C=O) groups excluding carboxylic acids is 1. The number of benzene rings is 1. The van der Waals surface area contributed by atoms with Crippen molar-refractivity contribution in [2.45, 2.75) is 51.0 Å². The molecule has 2 amide bonds. The van der Waals surface area contributed by atoms with Crippen LogP contribution in [0.3, 0.4) is 0 Å². The zero-order valence-corrected chi connectivity index (χ0v) is 18.3. The quantitative estimate of drug-likeness (QED) is 0.578. The van der Waals surface area contributed by atoms with E-state index in [0.717, 1.165) is 55.8 Å². The number of amides is 2. The summed E-state index contributed by atoms with van der Waals surface area (Å²) in [6.07, 6.45) is 5.99. The van der Waals surface area contributed by atoms with Crippen LogP contribution in [0.15, 0.2) is 29.0 Å². The zero-order valence-electron chi connectivity index (χ0n) is 17.5. The maximum absolute atomic E-state index is 13.7. The molecule has 160 valence electrons. The van der Waals surface area contributed by atoms with Gasteiger partial charge in [-0.15, -0.1) is 0 Å². The number of anilines is 1. The molecule has 1 aromatic carbocycles. The fraction of sp³-hybridized carbons (Fsp3) is 0.455. The minimum absolute atomic E-state index is 0.0174. The van der Waals surface area contributed by atoms with Gasteiger partial charge in [-0.3, -0.25) is 9.47 Å². The highest BCUT2D eigenvalue weighted by atomic mass is 35.5. The van der Waals surface area contributed by atoms with Gasteiger partial charge in [0.1, 0.15) is 12.0 Å². The third kappa shape index (κ3) is 2.81. The minimum Gasteiger partial charge on any atom is -0.339 e. The number of hydrogen-bond donors (Lipinski definition) is 0. The van der Waals surface area contributed by atoms with Gasteiger partial charge >= 0.3 is 6.03 Å². The van der Waals surface area contributed by atoms with Gasteiger partial charge in [-0.2, -0.15) is 4.98 Å². The molecule has 1 saturated heterocycles. The van der Waals surface area contributed by atoms with Crippen molar-refractivity contribution < 1.29 is 9.32 Å². The predicted molar refractivity (Wildman–Crippen MR) is 116 cm³/mol. The molecule has 3 aliphatic rings. The maximum atomic E-state index is 13.7. The number of urea groups is 1. The number of carbonyl (C=O) groups is 1. The van der Waals surface area contributed by atoms with E-state index >= 15 is 0 Å². The highest BCUT2D eigenvalue weighted by Gasteiger charge is 2.46. The molecule has 3 aromatic rings. The molecule has 0 radical (unpaired) electrons. The molecule has 1 saturated carbocycles. The molecule has 0 N–H and O–H groups in total. The number of nitrogens with zero attached hydrogens (tertiary/aromatic N) is 6. The van der Waals surface area contributed by atoms with Crippen LogP contribution in [-0.4, -0.2) is 43.7 Å². The van der Waals surface area contributed by atoms with Gasteiger partial charge in [-0.25, -0.2) is 9.78 Å². The third-order valence-electron chi connectivity index (χ3n) is 6.49.